The van der Waals surface area contributed by atoms with E-state index in [4.69, 9.17) is 11.6 Å². The van der Waals surface area contributed by atoms with Crippen molar-refractivity contribution in [3.05, 3.63) is 41.4 Å². The third kappa shape index (κ3) is 3.45. The van der Waals surface area contributed by atoms with E-state index in [9.17, 15) is 4.79 Å². The van der Waals surface area contributed by atoms with E-state index in [1.54, 1.807) is 35.2 Å². The molecule has 0 bridgehead atoms. The topological polar surface area (TPSA) is 71.8 Å². The second-order valence-electron chi connectivity index (χ2n) is 4.13. The van der Waals surface area contributed by atoms with Gasteiger partial charge in [-0.1, -0.05) is 17.7 Å². The molecule has 0 spiro atoms. The predicted octanol–water partition coefficient (Wildman–Crippen LogP) is 2.35. The van der Waals surface area contributed by atoms with Crippen LogP contribution >= 0.6 is 11.6 Å². The van der Waals surface area contributed by atoms with Gasteiger partial charge in [0.15, 0.2) is 5.82 Å². The van der Waals surface area contributed by atoms with Gasteiger partial charge >= 0.3 is 6.03 Å². The Balaban J connectivity index is 1.96. The summed E-state index contributed by atoms with van der Waals surface area (Å²) < 4.78 is 1.75. The van der Waals surface area contributed by atoms with Crippen LogP contribution in [0.5, 0.6) is 0 Å². The van der Waals surface area contributed by atoms with Gasteiger partial charge in [-0.15, -0.1) is 10.2 Å². The van der Waals surface area contributed by atoms with Gasteiger partial charge in [0, 0.05) is 17.8 Å². The van der Waals surface area contributed by atoms with Gasteiger partial charge in [-0.3, -0.25) is 0 Å². The van der Waals surface area contributed by atoms with Crippen LogP contribution in [0.25, 0.3) is 0 Å². The van der Waals surface area contributed by atoms with Crippen LogP contribution in [-0.2, 0) is 7.05 Å². The van der Waals surface area contributed by atoms with Gasteiger partial charge in [0.25, 0.3) is 0 Å². The molecule has 1 atom stereocenters. The number of aryl methyl sites for hydroxylation is 1. The smallest absolute Gasteiger partial charge is 0.319 e. The molecule has 0 radical (unpaired) electrons. The van der Waals surface area contributed by atoms with E-state index in [1.807, 2.05) is 14.0 Å². The van der Waals surface area contributed by atoms with E-state index in [1.165, 1.54) is 0 Å². The summed E-state index contributed by atoms with van der Waals surface area (Å²) in [6, 6.07) is 6.38. The molecule has 19 heavy (non-hydrogen) atoms. The first-order chi connectivity index (χ1) is 9.06. The molecule has 2 amide bonds. The number of benzene rings is 1. The third-order valence-electron chi connectivity index (χ3n) is 2.56. The zero-order chi connectivity index (χ0) is 13.8. The van der Waals surface area contributed by atoms with E-state index in [2.05, 4.69) is 20.8 Å². The van der Waals surface area contributed by atoms with Gasteiger partial charge in [-0.05, 0) is 25.1 Å². The molecule has 0 saturated carbocycles. The molecule has 1 heterocycles. The second kappa shape index (κ2) is 5.71. The summed E-state index contributed by atoms with van der Waals surface area (Å²) in [6.45, 7) is 1.83. The van der Waals surface area contributed by atoms with Crippen LogP contribution < -0.4 is 10.6 Å². The van der Waals surface area contributed by atoms with Crippen molar-refractivity contribution in [3.8, 4) is 0 Å². The maximum absolute atomic E-state index is 11.8. The largest absolute Gasteiger partial charge is 0.328 e. The average molecular weight is 280 g/mol. The first-order valence-corrected chi connectivity index (χ1v) is 6.11. The molecule has 100 valence electrons. The Hall–Kier alpha value is -2.08. The molecule has 7 heteroatoms. The lowest BCUT2D eigenvalue weighted by Crippen LogP contribution is -2.32. The highest BCUT2D eigenvalue weighted by molar-refractivity contribution is 6.30. The van der Waals surface area contributed by atoms with Crippen LogP contribution in [0.2, 0.25) is 5.02 Å². The van der Waals surface area contributed by atoms with Crippen LogP contribution in [0, 0.1) is 0 Å². The molecule has 0 fully saturated rings. The van der Waals surface area contributed by atoms with Gasteiger partial charge in [0.05, 0.1) is 6.04 Å². The van der Waals surface area contributed by atoms with Gasteiger partial charge in [-0.2, -0.15) is 0 Å². The fourth-order valence-corrected chi connectivity index (χ4v) is 1.87. The maximum Gasteiger partial charge on any atom is 0.319 e. The first-order valence-electron chi connectivity index (χ1n) is 5.73. The van der Waals surface area contributed by atoms with Crippen LogP contribution in [0.15, 0.2) is 30.6 Å². The molecule has 6 nitrogen and oxygen atoms in total. The van der Waals surface area contributed by atoms with E-state index < -0.39 is 0 Å². The molecule has 1 aromatic heterocycles. The van der Waals surface area contributed by atoms with Gasteiger partial charge in [0.1, 0.15) is 6.33 Å². The van der Waals surface area contributed by atoms with Crippen LogP contribution in [0.3, 0.4) is 0 Å². The molecule has 0 aliphatic rings. The summed E-state index contributed by atoms with van der Waals surface area (Å²) >= 11 is 5.84. The maximum atomic E-state index is 11.8. The molecule has 0 aliphatic carbocycles. The Labute approximate surface area is 115 Å². The number of urea groups is 1. The number of hydrogen-bond acceptors (Lipinski definition) is 3. The van der Waals surface area contributed by atoms with Crippen LogP contribution in [-0.4, -0.2) is 20.8 Å². The summed E-state index contributed by atoms with van der Waals surface area (Å²) in [4.78, 5) is 11.8. The Morgan fingerprint density at radius 1 is 1.47 bits per heavy atom. The zero-order valence-electron chi connectivity index (χ0n) is 10.6. The Bertz CT molecular complexity index is 583. The number of aromatic nitrogens is 3. The molecule has 0 saturated heterocycles. The summed E-state index contributed by atoms with van der Waals surface area (Å²) in [5, 5.41) is 13.8. The van der Waals surface area contributed by atoms with Crippen molar-refractivity contribution in [2.45, 2.75) is 13.0 Å². The van der Waals surface area contributed by atoms with Gasteiger partial charge in [0.2, 0.25) is 0 Å². The molecule has 1 aromatic carbocycles. The minimum Gasteiger partial charge on any atom is -0.328 e. The fourth-order valence-electron chi connectivity index (χ4n) is 1.68. The number of carbonyl (C=O) groups excluding carboxylic acids is 1. The van der Waals surface area contributed by atoms with Crippen molar-refractivity contribution in [1.29, 1.82) is 0 Å². The van der Waals surface area contributed by atoms with Gasteiger partial charge < -0.3 is 15.2 Å². The molecule has 2 aromatic rings. The summed E-state index contributed by atoms with van der Waals surface area (Å²) in [7, 11) is 1.82. The highest BCUT2D eigenvalue weighted by atomic mass is 35.5. The lowest BCUT2D eigenvalue weighted by atomic mass is 10.3. The number of halogens is 1. The van der Waals surface area contributed by atoms with Crippen molar-refractivity contribution in [1.82, 2.24) is 20.1 Å². The third-order valence-corrected chi connectivity index (χ3v) is 2.80. The predicted molar refractivity (Wildman–Crippen MR) is 73.0 cm³/mol. The fraction of sp³-hybridized carbons (Fsp3) is 0.250. The quantitative estimate of drug-likeness (QED) is 0.906. The minimum atomic E-state index is -0.322. The standard InChI is InChI=1S/C12H14ClN5O/c1-8(11-17-14-7-18(11)2)15-12(19)16-10-5-3-4-9(13)6-10/h3-8H,1-2H3,(H2,15,16,19). The number of anilines is 1. The molecular formula is C12H14ClN5O. The Morgan fingerprint density at radius 2 is 2.26 bits per heavy atom. The lowest BCUT2D eigenvalue weighted by molar-refractivity contribution is 0.248. The number of hydrogen-bond donors (Lipinski definition) is 2. The van der Waals surface area contributed by atoms with E-state index in [0.717, 1.165) is 0 Å². The number of nitrogens with zero attached hydrogens (tertiary/aromatic N) is 3. The summed E-state index contributed by atoms with van der Waals surface area (Å²) in [6.07, 6.45) is 1.59. The number of amides is 2. The number of carbonyl (C=O) groups is 1. The molecule has 2 N–H and O–H groups in total. The molecular weight excluding hydrogens is 266 g/mol. The average Bonchev–Trinajstić information content (AvgIpc) is 2.75. The second-order valence-corrected chi connectivity index (χ2v) is 4.57. The monoisotopic (exact) mass is 279 g/mol. The van der Waals surface area contributed by atoms with Crippen molar-refractivity contribution in [3.63, 3.8) is 0 Å². The minimum absolute atomic E-state index is 0.244. The summed E-state index contributed by atoms with van der Waals surface area (Å²) in [5.41, 5.74) is 0.634. The normalized spacial score (nSPS) is 11.9. The first kappa shape index (κ1) is 13.4. The van der Waals surface area contributed by atoms with Crippen LogP contribution in [0.1, 0.15) is 18.8 Å². The molecule has 2 rings (SSSR count). The number of nitrogens with one attached hydrogen (secondary N) is 2. The van der Waals surface area contributed by atoms with Crippen molar-refractivity contribution < 1.29 is 4.79 Å². The zero-order valence-corrected chi connectivity index (χ0v) is 11.3. The molecule has 1 unspecified atom stereocenters. The summed E-state index contributed by atoms with van der Waals surface area (Å²) in [5.74, 6) is 0.682. The number of rotatable bonds is 3. The van der Waals surface area contributed by atoms with E-state index >= 15 is 0 Å². The van der Waals surface area contributed by atoms with Crippen molar-refractivity contribution in [2.24, 2.45) is 7.05 Å². The highest BCUT2D eigenvalue weighted by Gasteiger charge is 2.14. The molecule has 0 aliphatic heterocycles. The van der Waals surface area contributed by atoms with E-state index in [-0.39, 0.29) is 12.1 Å². The highest BCUT2D eigenvalue weighted by Crippen LogP contribution is 2.15. The SMILES string of the molecule is CC(NC(=O)Nc1cccc(Cl)c1)c1nncn1C. The van der Waals surface area contributed by atoms with Gasteiger partial charge in [-0.25, -0.2) is 4.79 Å². The van der Waals surface area contributed by atoms with E-state index in [0.29, 0.717) is 16.5 Å². The Morgan fingerprint density at radius 3 is 2.89 bits per heavy atom. The Kier molecular flexibility index (Phi) is 4.01. The van der Waals surface area contributed by atoms with Crippen molar-refractivity contribution >= 4 is 23.3 Å². The van der Waals surface area contributed by atoms with Crippen LogP contribution in [0.4, 0.5) is 10.5 Å². The lowest BCUT2D eigenvalue weighted by Gasteiger charge is -2.13. The van der Waals surface area contributed by atoms with Crippen molar-refractivity contribution in [2.75, 3.05) is 5.32 Å².